The number of nitrogens with one attached hydrogen (secondary N) is 1. The molecule has 5 rings (SSSR count). The highest BCUT2D eigenvalue weighted by Crippen LogP contribution is 2.41. The number of amides is 1. The van der Waals surface area contributed by atoms with Crippen LogP contribution < -0.4 is 5.32 Å². The normalized spacial score (nSPS) is 11.3. The van der Waals surface area contributed by atoms with Crippen LogP contribution in [0.15, 0.2) is 77.5 Å². The Morgan fingerprint density at radius 3 is 2.71 bits per heavy atom. The summed E-state index contributed by atoms with van der Waals surface area (Å²) < 4.78 is 20.5. The van der Waals surface area contributed by atoms with Crippen LogP contribution in [0, 0.1) is 5.82 Å². The summed E-state index contributed by atoms with van der Waals surface area (Å²) in [4.78, 5) is 18.1. The number of nitrogens with zero attached hydrogens (tertiary/aromatic N) is 1. The minimum atomic E-state index is -0.363. The molecule has 4 nitrogen and oxygen atoms in total. The molecular weight excluding hydrogens is 411 g/mol. The molecule has 3 heterocycles. The first-order chi connectivity index (χ1) is 15.2. The van der Waals surface area contributed by atoms with E-state index in [0.29, 0.717) is 16.9 Å². The van der Waals surface area contributed by atoms with Gasteiger partial charge in [-0.3, -0.25) is 9.78 Å². The van der Waals surface area contributed by atoms with E-state index in [1.165, 1.54) is 17.4 Å². The fraction of sp³-hybridized carbons (Fsp3) is 0.120. The Morgan fingerprint density at radius 1 is 1.03 bits per heavy atom. The van der Waals surface area contributed by atoms with E-state index in [1.807, 2.05) is 48.5 Å². The Bertz CT molecular complexity index is 1360. The Labute approximate surface area is 182 Å². The number of aromatic nitrogens is 1. The lowest BCUT2D eigenvalue weighted by molar-refractivity contribution is 0.0957. The topological polar surface area (TPSA) is 55.1 Å². The molecule has 0 bridgehead atoms. The van der Waals surface area contributed by atoms with Crippen LogP contribution in [0.4, 0.5) is 4.39 Å². The number of halogens is 1. The molecule has 0 aliphatic carbocycles. The number of fused-ring (bicyclic) bond motifs is 3. The zero-order valence-electron chi connectivity index (χ0n) is 16.6. The van der Waals surface area contributed by atoms with Crippen LogP contribution in [0.1, 0.15) is 21.9 Å². The van der Waals surface area contributed by atoms with E-state index < -0.39 is 0 Å². The van der Waals surface area contributed by atoms with Crippen LogP contribution in [-0.4, -0.2) is 17.4 Å². The number of rotatable bonds is 6. The molecular formula is C25H19FN2O2S. The molecule has 1 amide bonds. The Balaban J connectivity index is 1.53. The van der Waals surface area contributed by atoms with Gasteiger partial charge < -0.3 is 9.73 Å². The van der Waals surface area contributed by atoms with Crippen LogP contribution in [-0.2, 0) is 6.42 Å². The maximum absolute atomic E-state index is 14.3. The lowest BCUT2D eigenvalue weighted by atomic mass is 10.0. The molecule has 0 spiro atoms. The Kier molecular flexibility index (Phi) is 5.22. The van der Waals surface area contributed by atoms with Gasteiger partial charge in [-0.2, -0.15) is 0 Å². The van der Waals surface area contributed by atoms with E-state index >= 15 is 0 Å². The number of aryl methyl sites for hydroxylation is 1. The largest absolute Gasteiger partial charge is 0.469 e. The van der Waals surface area contributed by atoms with Crippen molar-refractivity contribution < 1.29 is 13.6 Å². The fourth-order valence-corrected chi connectivity index (χ4v) is 5.02. The monoisotopic (exact) mass is 430 g/mol. The number of thiophene rings is 1. The third-order valence-electron chi connectivity index (χ3n) is 5.23. The van der Waals surface area contributed by atoms with Gasteiger partial charge in [0.05, 0.1) is 6.26 Å². The molecule has 0 aliphatic heterocycles. The number of hydrogen-bond acceptors (Lipinski definition) is 4. The minimum absolute atomic E-state index is 0.135. The van der Waals surface area contributed by atoms with Crippen molar-refractivity contribution in [3.05, 3.63) is 89.6 Å². The molecule has 0 saturated heterocycles. The lowest BCUT2D eigenvalue weighted by Gasteiger charge is -2.07. The summed E-state index contributed by atoms with van der Waals surface area (Å²) in [6.45, 7) is 0.537. The van der Waals surface area contributed by atoms with Crippen molar-refractivity contribution in [1.82, 2.24) is 10.3 Å². The number of carbonyl (C=O) groups excluding carboxylic acids is 1. The second-order valence-electron chi connectivity index (χ2n) is 7.25. The smallest absolute Gasteiger partial charge is 0.262 e. The molecule has 2 aromatic carbocycles. The molecule has 154 valence electrons. The predicted molar refractivity (Wildman–Crippen MR) is 122 cm³/mol. The van der Waals surface area contributed by atoms with E-state index in [2.05, 4.69) is 10.3 Å². The second-order valence-corrected chi connectivity index (χ2v) is 8.27. The van der Waals surface area contributed by atoms with Gasteiger partial charge in [-0.25, -0.2) is 4.39 Å². The Hall–Kier alpha value is -3.51. The zero-order valence-corrected chi connectivity index (χ0v) is 17.4. The molecule has 1 N–H and O–H groups in total. The summed E-state index contributed by atoms with van der Waals surface area (Å²) in [5, 5.41) is 4.60. The van der Waals surface area contributed by atoms with E-state index in [9.17, 15) is 9.18 Å². The maximum Gasteiger partial charge on any atom is 0.262 e. The lowest BCUT2D eigenvalue weighted by Crippen LogP contribution is -2.24. The molecule has 0 aliphatic rings. The van der Waals surface area contributed by atoms with Crippen molar-refractivity contribution in [3.63, 3.8) is 0 Å². The first-order valence-corrected chi connectivity index (χ1v) is 10.9. The molecule has 0 unspecified atom stereocenters. The quantitative estimate of drug-likeness (QED) is 0.326. The highest BCUT2D eigenvalue weighted by atomic mass is 32.1. The van der Waals surface area contributed by atoms with Gasteiger partial charge in [0, 0.05) is 40.2 Å². The number of hydrogen-bond donors (Lipinski definition) is 1. The molecule has 0 atom stereocenters. The molecule has 3 aromatic heterocycles. The average molecular weight is 431 g/mol. The zero-order chi connectivity index (χ0) is 21.2. The van der Waals surface area contributed by atoms with Gasteiger partial charge in [-0.15, -0.1) is 11.3 Å². The number of benzene rings is 2. The summed E-state index contributed by atoms with van der Waals surface area (Å²) in [7, 11) is 0. The van der Waals surface area contributed by atoms with Crippen LogP contribution in [0.3, 0.4) is 0 Å². The third-order valence-corrected chi connectivity index (χ3v) is 6.47. The van der Waals surface area contributed by atoms with E-state index in [0.717, 1.165) is 45.2 Å². The molecule has 6 heteroatoms. The van der Waals surface area contributed by atoms with E-state index in [1.54, 1.807) is 18.5 Å². The van der Waals surface area contributed by atoms with E-state index in [-0.39, 0.29) is 11.7 Å². The number of furan rings is 1. The predicted octanol–water partition coefficient (Wildman–Crippen LogP) is 6.21. The summed E-state index contributed by atoms with van der Waals surface area (Å²) in [5.41, 5.74) is 2.09. The van der Waals surface area contributed by atoms with Gasteiger partial charge in [0.15, 0.2) is 0 Å². The standard InChI is InChI=1S/C25H19FN2O2S/c26-20-12-4-11-18-22(20)28-15-19-21(16-7-2-1-3-8-16)24(31-23(18)19)25(29)27-13-5-9-17-10-6-14-30-17/h1-4,6-8,10-12,14-15H,5,9,13H2,(H,27,29). The number of para-hydroxylation sites is 1. The van der Waals surface area contributed by atoms with Gasteiger partial charge >= 0.3 is 0 Å². The summed E-state index contributed by atoms with van der Waals surface area (Å²) in [6.07, 6.45) is 4.87. The highest BCUT2D eigenvalue weighted by molar-refractivity contribution is 7.22. The van der Waals surface area contributed by atoms with Crippen molar-refractivity contribution >= 4 is 38.2 Å². The Morgan fingerprint density at radius 2 is 1.90 bits per heavy atom. The number of pyridine rings is 1. The average Bonchev–Trinajstić information content (AvgIpc) is 3.45. The van der Waals surface area contributed by atoms with Gasteiger partial charge in [0.1, 0.15) is 22.0 Å². The van der Waals surface area contributed by atoms with Crippen LogP contribution in [0.25, 0.3) is 32.1 Å². The fourth-order valence-electron chi connectivity index (χ4n) is 3.78. The summed E-state index contributed by atoms with van der Waals surface area (Å²) in [5.74, 6) is 0.405. The van der Waals surface area contributed by atoms with Crippen LogP contribution >= 0.6 is 11.3 Å². The van der Waals surface area contributed by atoms with Gasteiger partial charge in [-0.05, 0) is 30.2 Å². The molecule has 31 heavy (non-hydrogen) atoms. The first kappa shape index (κ1) is 19.5. The molecule has 0 saturated carbocycles. The van der Waals surface area contributed by atoms with Crippen molar-refractivity contribution in [2.24, 2.45) is 0 Å². The van der Waals surface area contributed by atoms with Gasteiger partial charge in [-0.1, -0.05) is 42.5 Å². The summed E-state index contributed by atoms with van der Waals surface area (Å²) >= 11 is 1.38. The third kappa shape index (κ3) is 3.70. The highest BCUT2D eigenvalue weighted by Gasteiger charge is 2.22. The molecule has 0 radical (unpaired) electrons. The van der Waals surface area contributed by atoms with Crippen molar-refractivity contribution in [3.8, 4) is 11.1 Å². The van der Waals surface area contributed by atoms with Crippen LogP contribution in [0.2, 0.25) is 0 Å². The van der Waals surface area contributed by atoms with Crippen molar-refractivity contribution in [2.45, 2.75) is 12.8 Å². The van der Waals surface area contributed by atoms with Gasteiger partial charge in [0.25, 0.3) is 5.91 Å². The minimum Gasteiger partial charge on any atom is -0.469 e. The molecule has 5 aromatic rings. The van der Waals surface area contributed by atoms with E-state index in [4.69, 9.17) is 4.42 Å². The van der Waals surface area contributed by atoms with Crippen molar-refractivity contribution in [2.75, 3.05) is 6.54 Å². The van der Waals surface area contributed by atoms with Crippen molar-refractivity contribution in [1.29, 1.82) is 0 Å². The van der Waals surface area contributed by atoms with Gasteiger partial charge in [0.2, 0.25) is 0 Å². The maximum atomic E-state index is 14.3. The second kappa shape index (κ2) is 8.32. The molecule has 0 fully saturated rings. The SMILES string of the molecule is O=C(NCCCc1ccco1)c1sc2c(cnc3c(F)cccc32)c1-c1ccccc1. The van der Waals surface area contributed by atoms with Crippen LogP contribution in [0.5, 0.6) is 0 Å². The summed E-state index contributed by atoms with van der Waals surface area (Å²) in [6, 6.07) is 18.5. The first-order valence-electron chi connectivity index (χ1n) is 10.1. The number of carbonyl (C=O) groups is 1.